The normalized spacial score (nSPS) is 18.6. The fraction of sp³-hybridized carbons (Fsp3) is 0.259. The summed E-state index contributed by atoms with van der Waals surface area (Å²) in [7, 11) is 0. The van der Waals surface area contributed by atoms with E-state index in [0.717, 1.165) is 35.0 Å². The molecule has 3 aromatic carbocycles. The number of hydrogen-bond acceptors (Lipinski definition) is 4. The van der Waals surface area contributed by atoms with Crippen molar-refractivity contribution in [2.75, 3.05) is 5.32 Å². The highest BCUT2D eigenvalue weighted by Crippen LogP contribution is 2.35. The molecule has 3 N–H and O–H groups in total. The average molecular weight is 469 g/mol. The molecule has 3 aromatic rings. The number of benzene rings is 3. The Morgan fingerprint density at radius 3 is 2.60 bits per heavy atom. The minimum atomic E-state index is -0.641. The van der Waals surface area contributed by atoms with Crippen molar-refractivity contribution in [2.24, 2.45) is 0 Å². The van der Waals surface area contributed by atoms with Crippen molar-refractivity contribution in [3.05, 3.63) is 76.3 Å². The molecule has 0 spiro atoms. The van der Waals surface area contributed by atoms with Crippen molar-refractivity contribution in [2.45, 2.75) is 44.8 Å². The maximum absolute atomic E-state index is 13.0. The lowest BCUT2D eigenvalue weighted by Gasteiger charge is -2.29. The van der Waals surface area contributed by atoms with Gasteiger partial charge in [-0.2, -0.15) is 0 Å². The van der Waals surface area contributed by atoms with Gasteiger partial charge < -0.3 is 15.5 Å². The van der Waals surface area contributed by atoms with Gasteiger partial charge in [0.25, 0.3) is 5.91 Å². The summed E-state index contributed by atoms with van der Waals surface area (Å²) in [5.41, 5.74) is 5.56. The summed E-state index contributed by atoms with van der Waals surface area (Å²) in [5.74, 6) is -0.961. The molecule has 176 valence electrons. The number of piperidine rings is 1. The molecule has 3 aliphatic rings. The number of nitrogens with one attached hydrogen (secondary N) is 3. The van der Waals surface area contributed by atoms with Gasteiger partial charge in [0.2, 0.25) is 11.8 Å². The van der Waals surface area contributed by atoms with Gasteiger partial charge in [-0.3, -0.25) is 19.7 Å². The Labute approximate surface area is 201 Å². The number of amides is 5. The number of carbonyl (C=O) groups excluding carboxylic acids is 4. The van der Waals surface area contributed by atoms with E-state index < -0.39 is 11.9 Å². The Balaban J connectivity index is 1.13. The van der Waals surface area contributed by atoms with Crippen LogP contribution in [0.3, 0.4) is 0 Å². The molecule has 5 amide bonds. The Morgan fingerprint density at radius 2 is 1.77 bits per heavy atom. The van der Waals surface area contributed by atoms with E-state index in [1.54, 1.807) is 6.07 Å². The summed E-state index contributed by atoms with van der Waals surface area (Å²) in [6.07, 6.45) is 2.61. The molecular formula is C27H24N4O4. The SMILES string of the molecule is O=C1CCC(N2Cc3ccc(CNC(=O)Nc4ccc5c6c(cccc46)CC5)cc3C2=O)C(=O)N1. The molecule has 8 heteroatoms. The van der Waals surface area contributed by atoms with Crippen molar-refractivity contribution >= 4 is 40.2 Å². The minimum Gasteiger partial charge on any atom is -0.334 e. The van der Waals surface area contributed by atoms with E-state index in [1.807, 2.05) is 30.3 Å². The van der Waals surface area contributed by atoms with Crippen molar-refractivity contribution < 1.29 is 19.2 Å². The topological polar surface area (TPSA) is 108 Å². The van der Waals surface area contributed by atoms with Crippen LogP contribution in [-0.2, 0) is 35.5 Å². The van der Waals surface area contributed by atoms with E-state index in [1.165, 1.54) is 21.4 Å². The van der Waals surface area contributed by atoms with E-state index in [2.05, 4.69) is 28.1 Å². The van der Waals surface area contributed by atoms with Crippen LogP contribution in [0.5, 0.6) is 0 Å². The molecule has 1 saturated heterocycles. The molecule has 2 heterocycles. The standard InChI is InChI=1S/C27H24N4O4/c32-23-11-10-22(25(33)30-23)31-14-18-5-4-15(12-20(18)26(31)34)13-28-27(35)29-21-9-8-17-7-6-16-2-1-3-19(21)24(16)17/h1-5,8-9,12,22H,6-7,10-11,13-14H2,(H2,28,29,35)(H,30,32,33). The Hall–Kier alpha value is -4.20. The van der Waals surface area contributed by atoms with E-state index in [4.69, 9.17) is 0 Å². The van der Waals surface area contributed by atoms with Crippen LogP contribution < -0.4 is 16.0 Å². The molecule has 0 saturated carbocycles. The summed E-state index contributed by atoms with van der Waals surface area (Å²) in [4.78, 5) is 50.9. The lowest BCUT2D eigenvalue weighted by Crippen LogP contribution is -2.52. The molecule has 1 fully saturated rings. The smallest absolute Gasteiger partial charge is 0.319 e. The molecule has 0 bridgehead atoms. The first-order valence-electron chi connectivity index (χ1n) is 11.8. The third-order valence-electron chi connectivity index (χ3n) is 7.17. The van der Waals surface area contributed by atoms with Crippen molar-refractivity contribution in [1.82, 2.24) is 15.5 Å². The van der Waals surface area contributed by atoms with Crippen molar-refractivity contribution in [3.8, 4) is 0 Å². The van der Waals surface area contributed by atoms with E-state index in [0.29, 0.717) is 18.5 Å². The van der Waals surface area contributed by atoms with Gasteiger partial charge in [-0.15, -0.1) is 0 Å². The monoisotopic (exact) mass is 468 g/mol. The summed E-state index contributed by atoms with van der Waals surface area (Å²) in [6, 6.07) is 14.8. The van der Waals surface area contributed by atoms with Gasteiger partial charge in [0.1, 0.15) is 6.04 Å². The predicted octanol–water partition coefficient (Wildman–Crippen LogP) is 3.02. The van der Waals surface area contributed by atoms with Gasteiger partial charge >= 0.3 is 6.03 Å². The van der Waals surface area contributed by atoms with Gasteiger partial charge in [0.15, 0.2) is 0 Å². The molecule has 0 radical (unpaired) electrons. The molecule has 35 heavy (non-hydrogen) atoms. The molecule has 1 aliphatic carbocycles. The maximum Gasteiger partial charge on any atom is 0.319 e. The Kier molecular flexibility index (Phi) is 5.02. The van der Waals surface area contributed by atoms with Gasteiger partial charge in [-0.25, -0.2) is 4.79 Å². The zero-order valence-electron chi connectivity index (χ0n) is 19.0. The summed E-state index contributed by atoms with van der Waals surface area (Å²) in [5, 5.41) is 10.4. The quantitative estimate of drug-likeness (QED) is 0.512. The van der Waals surface area contributed by atoms with E-state index in [9.17, 15) is 19.2 Å². The van der Waals surface area contributed by atoms with Crippen LogP contribution in [0.2, 0.25) is 0 Å². The fourth-order valence-electron chi connectivity index (χ4n) is 5.42. The van der Waals surface area contributed by atoms with Crippen LogP contribution in [0, 0.1) is 0 Å². The highest BCUT2D eigenvalue weighted by atomic mass is 16.2. The number of anilines is 1. The molecule has 6 rings (SSSR count). The number of aryl methyl sites for hydroxylation is 2. The Morgan fingerprint density at radius 1 is 0.971 bits per heavy atom. The molecule has 1 unspecified atom stereocenters. The van der Waals surface area contributed by atoms with E-state index >= 15 is 0 Å². The second-order valence-electron chi connectivity index (χ2n) is 9.31. The predicted molar refractivity (Wildman–Crippen MR) is 130 cm³/mol. The number of hydrogen-bond donors (Lipinski definition) is 3. The van der Waals surface area contributed by atoms with Crippen LogP contribution in [0.4, 0.5) is 10.5 Å². The first kappa shape index (κ1) is 21.3. The Bertz CT molecular complexity index is 1420. The van der Waals surface area contributed by atoms with E-state index in [-0.39, 0.29) is 30.8 Å². The molecule has 0 aromatic heterocycles. The number of imide groups is 1. The molecule has 1 atom stereocenters. The average Bonchev–Trinajstić information content (AvgIpc) is 3.42. The van der Waals surface area contributed by atoms with Crippen LogP contribution in [0.1, 0.15) is 45.5 Å². The lowest BCUT2D eigenvalue weighted by atomic mass is 10.0. The van der Waals surface area contributed by atoms with Crippen LogP contribution in [0.15, 0.2) is 48.5 Å². The second-order valence-corrected chi connectivity index (χ2v) is 9.31. The largest absolute Gasteiger partial charge is 0.334 e. The van der Waals surface area contributed by atoms with Gasteiger partial charge in [-0.1, -0.05) is 36.4 Å². The van der Waals surface area contributed by atoms with Crippen LogP contribution >= 0.6 is 0 Å². The number of urea groups is 1. The maximum atomic E-state index is 13.0. The van der Waals surface area contributed by atoms with Crippen LogP contribution in [-0.4, -0.2) is 34.7 Å². The molecular weight excluding hydrogens is 444 g/mol. The summed E-state index contributed by atoms with van der Waals surface area (Å²) < 4.78 is 0. The van der Waals surface area contributed by atoms with Crippen molar-refractivity contribution in [3.63, 3.8) is 0 Å². The minimum absolute atomic E-state index is 0.222. The highest BCUT2D eigenvalue weighted by Gasteiger charge is 2.39. The first-order valence-corrected chi connectivity index (χ1v) is 11.8. The zero-order chi connectivity index (χ0) is 24.1. The lowest BCUT2D eigenvalue weighted by molar-refractivity contribution is -0.136. The number of fused-ring (bicyclic) bond motifs is 1. The third kappa shape index (κ3) is 3.71. The number of nitrogens with zero attached hydrogens (tertiary/aromatic N) is 1. The fourth-order valence-corrected chi connectivity index (χ4v) is 5.42. The number of rotatable bonds is 4. The zero-order valence-corrected chi connectivity index (χ0v) is 19.0. The van der Waals surface area contributed by atoms with Gasteiger partial charge in [-0.05, 0) is 59.0 Å². The van der Waals surface area contributed by atoms with Crippen LogP contribution in [0.25, 0.3) is 10.8 Å². The number of carbonyl (C=O) groups is 4. The highest BCUT2D eigenvalue weighted by molar-refractivity contribution is 6.06. The second kappa shape index (κ2) is 8.23. The summed E-state index contributed by atoms with van der Waals surface area (Å²) in [6.45, 7) is 0.589. The van der Waals surface area contributed by atoms with Crippen molar-refractivity contribution in [1.29, 1.82) is 0 Å². The molecule has 8 nitrogen and oxygen atoms in total. The summed E-state index contributed by atoms with van der Waals surface area (Å²) >= 11 is 0. The van der Waals surface area contributed by atoms with Gasteiger partial charge in [0.05, 0.1) is 5.69 Å². The third-order valence-corrected chi connectivity index (χ3v) is 7.17. The molecule has 2 aliphatic heterocycles. The van der Waals surface area contributed by atoms with Gasteiger partial charge in [0, 0.05) is 30.5 Å². The first-order chi connectivity index (χ1) is 17.0.